The Labute approximate surface area is 165 Å². The summed E-state index contributed by atoms with van der Waals surface area (Å²) >= 11 is 0. The summed E-state index contributed by atoms with van der Waals surface area (Å²) in [7, 11) is 0. The van der Waals surface area contributed by atoms with E-state index in [1.165, 1.54) is 10.8 Å². The first-order valence-corrected chi connectivity index (χ1v) is 9.35. The molecule has 4 rings (SSSR count). The number of hydrogen-bond donors (Lipinski definition) is 0. The highest BCUT2D eigenvalue weighted by Gasteiger charge is 2.35. The molecule has 0 aliphatic carbocycles. The third-order valence-electron chi connectivity index (χ3n) is 4.73. The van der Waals surface area contributed by atoms with Crippen molar-refractivity contribution in [1.29, 1.82) is 0 Å². The second-order valence-corrected chi connectivity index (χ2v) is 6.57. The minimum Gasteiger partial charge on any atom is -0.490 e. The Morgan fingerprint density at radius 1 is 1.03 bits per heavy atom. The Balaban J connectivity index is 1.73. The normalized spacial score (nSPS) is 14.2. The fourth-order valence-corrected chi connectivity index (χ4v) is 3.46. The molecule has 0 unspecified atom stereocenters. The van der Waals surface area contributed by atoms with Gasteiger partial charge in [-0.2, -0.15) is 27.8 Å². The fourth-order valence-electron chi connectivity index (χ4n) is 3.46. The topological polar surface area (TPSA) is 64.8 Å². The number of alkyl halides is 3. The van der Waals surface area contributed by atoms with Gasteiger partial charge >= 0.3 is 6.18 Å². The van der Waals surface area contributed by atoms with Crippen LogP contribution in [0.5, 0.6) is 11.5 Å². The summed E-state index contributed by atoms with van der Waals surface area (Å²) in [6.07, 6.45) is -2.71. The average molecular weight is 407 g/mol. The van der Waals surface area contributed by atoms with E-state index in [9.17, 15) is 13.2 Å². The lowest BCUT2D eigenvalue weighted by Crippen LogP contribution is -2.32. The van der Waals surface area contributed by atoms with Gasteiger partial charge in [0.2, 0.25) is 0 Å². The molecule has 10 heteroatoms. The smallest absolute Gasteiger partial charge is 0.433 e. The van der Waals surface area contributed by atoms with Crippen molar-refractivity contribution in [2.24, 2.45) is 0 Å². The summed E-state index contributed by atoms with van der Waals surface area (Å²) in [6, 6.07) is 4.88. The molecule has 0 atom stereocenters. The Hall–Kier alpha value is -3.04. The molecule has 3 heterocycles. The maximum Gasteiger partial charge on any atom is 0.433 e. The van der Waals surface area contributed by atoms with Gasteiger partial charge in [-0.15, -0.1) is 0 Å². The Morgan fingerprint density at radius 2 is 1.72 bits per heavy atom. The lowest BCUT2D eigenvalue weighted by molar-refractivity contribution is -0.141. The third kappa shape index (κ3) is 3.66. The van der Waals surface area contributed by atoms with E-state index in [2.05, 4.69) is 15.1 Å². The van der Waals surface area contributed by atoms with Gasteiger partial charge in [0, 0.05) is 19.2 Å². The molecule has 29 heavy (non-hydrogen) atoms. The van der Waals surface area contributed by atoms with E-state index in [1.54, 1.807) is 0 Å². The molecule has 154 valence electrons. The second kappa shape index (κ2) is 7.41. The average Bonchev–Trinajstić information content (AvgIpc) is 3.16. The second-order valence-electron chi connectivity index (χ2n) is 6.57. The summed E-state index contributed by atoms with van der Waals surface area (Å²) < 4.78 is 52.6. The van der Waals surface area contributed by atoms with Crippen LogP contribution >= 0.6 is 0 Å². The first kappa shape index (κ1) is 19.3. The number of benzene rings is 1. The van der Waals surface area contributed by atoms with Gasteiger partial charge in [0.1, 0.15) is 12.1 Å². The molecule has 0 bridgehead atoms. The van der Waals surface area contributed by atoms with Crippen LogP contribution in [0.4, 0.5) is 19.0 Å². The van der Waals surface area contributed by atoms with E-state index < -0.39 is 11.9 Å². The van der Waals surface area contributed by atoms with Crippen LogP contribution in [-0.4, -0.2) is 39.3 Å². The molecule has 0 spiro atoms. The monoisotopic (exact) mass is 407 g/mol. The molecule has 0 radical (unpaired) electrons. The summed E-state index contributed by atoms with van der Waals surface area (Å²) in [5.74, 6) is 1.54. The number of fused-ring (bicyclic) bond motifs is 2. The molecular weight excluding hydrogens is 387 g/mol. The zero-order chi connectivity index (χ0) is 20.6. The number of aromatic nitrogens is 4. The van der Waals surface area contributed by atoms with Crippen LogP contribution in [0.15, 0.2) is 24.5 Å². The van der Waals surface area contributed by atoms with E-state index >= 15 is 0 Å². The van der Waals surface area contributed by atoms with Crippen molar-refractivity contribution in [2.45, 2.75) is 33.0 Å². The number of ether oxygens (including phenoxy) is 2. The van der Waals surface area contributed by atoms with Crippen molar-refractivity contribution in [3.8, 4) is 11.5 Å². The number of nitrogens with zero attached hydrogens (tertiary/aromatic N) is 5. The SMILES string of the molecule is CCOc1cc2c(cc1OCC)CN(c1cc(C(F)(F)F)nc3ncnn13)CC2. The van der Waals surface area contributed by atoms with E-state index in [-0.39, 0.29) is 5.78 Å². The van der Waals surface area contributed by atoms with E-state index in [0.717, 1.165) is 17.2 Å². The van der Waals surface area contributed by atoms with E-state index in [4.69, 9.17) is 9.47 Å². The fraction of sp³-hybridized carbons (Fsp3) is 0.421. The minimum absolute atomic E-state index is 0.0812. The molecule has 1 aliphatic rings. The van der Waals surface area contributed by atoms with Crippen LogP contribution in [0.25, 0.3) is 5.78 Å². The summed E-state index contributed by atoms with van der Waals surface area (Å²) in [6.45, 7) is 5.75. The maximum atomic E-state index is 13.3. The van der Waals surface area contributed by atoms with Gasteiger partial charge in [-0.1, -0.05) is 0 Å². The van der Waals surface area contributed by atoms with Gasteiger partial charge in [-0.05, 0) is 43.5 Å². The lowest BCUT2D eigenvalue weighted by Gasteiger charge is -2.31. The molecule has 0 N–H and O–H groups in total. The summed E-state index contributed by atoms with van der Waals surface area (Å²) in [5, 5.41) is 4.05. The predicted octanol–water partition coefficient (Wildman–Crippen LogP) is 3.50. The largest absolute Gasteiger partial charge is 0.490 e. The van der Waals surface area contributed by atoms with Crippen molar-refractivity contribution >= 4 is 11.6 Å². The zero-order valence-electron chi connectivity index (χ0n) is 16.0. The number of hydrogen-bond acceptors (Lipinski definition) is 6. The molecule has 0 saturated heterocycles. The molecule has 7 nitrogen and oxygen atoms in total. The van der Waals surface area contributed by atoms with Gasteiger partial charge in [-0.25, -0.2) is 4.98 Å². The van der Waals surface area contributed by atoms with Crippen molar-refractivity contribution < 1.29 is 22.6 Å². The van der Waals surface area contributed by atoms with Crippen molar-refractivity contribution in [3.05, 3.63) is 41.3 Å². The van der Waals surface area contributed by atoms with Gasteiger partial charge in [0.25, 0.3) is 5.78 Å². The van der Waals surface area contributed by atoms with Crippen LogP contribution in [-0.2, 0) is 19.1 Å². The highest BCUT2D eigenvalue weighted by Crippen LogP contribution is 2.36. The predicted molar refractivity (Wildman–Crippen MR) is 99.3 cm³/mol. The molecule has 2 aromatic heterocycles. The van der Waals surface area contributed by atoms with Crippen LogP contribution in [0.1, 0.15) is 30.7 Å². The van der Waals surface area contributed by atoms with Crippen LogP contribution in [0.2, 0.25) is 0 Å². The van der Waals surface area contributed by atoms with Gasteiger partial charge in [0.05, 0.1) is 13.2 Å². The number of rotatable bonds is 5. The van der Waals surface area contributed by atoms with Crippen molar-refractivity contribution in [3.63, 3.8) is 0 Å². The standard InChI is InChI=1S/C19H20F3N5O2/c1-3-28-14-7-12-5-6-26(10-13(12)8-15(14)29-4-2)17-9-16(19(20,21)22)25-18-23-11-24-27(17)18/h7-9,11H,3-6,10H2,1-2H3. The van der Waals surface area contributed by atoms with Crippen LogP contribution in [0.3, 0.4) is 0 Å². The quantitative estimate of drug-likeness (QED) is 0.645. The maximum absolute atomic E-state index is 13.3. The first-order chi connectivity index (χ1) is 13.9. The molecule has 0 saturated carbocycles. The highest BCUT2D eigenvalue weighted by atomic mass is 19.4. The number of halogens is 3. The molecule has 1 aromatic carbocycles. The van der Waals surface area contributed by atoms with Gasteiger partial charge < -0.3 is 14.4 Å². The Bertz CT molecular complexity index is 1030. The van der Waals surface area contributed by atoms with E-state index in [0.29, 0.717) is 50.0 Å². The Kier molecular flexibility index (Phi) is 4.93. The molecule has 0 amide bonds. The molecular formula is C19H20F3N5O2. The summed E-state index contributed by atoms with van der Waals surface area (Å²) in [5.41, 5.74) is 1.08. The lowest BCUT2D eigenvalue weighted by atomic mass is 9.98. The summed E-state index contributed by atoms with van der Waals surface area (Å²) in [4.78, 5) is 9.26. The molecule has 1 aliphatic heterocycles. The molecule has 0 fully saturated rings. The first-order valence-electron chi connectivity index (χ1n) is 9.35. The van der Waals surface area contributed by atoms with Gasteiger partial charge in [-0.3, -0.25) is 0 Å². The number of anilines is 1. The van der Waals surface area contributed by atoms with E-state index in [1.807, 2.05) is 30.9 Å². The van der Waals surface area contributed by atoms with Crippen LogP contribution < -0.4 is 14.4 Å². The third-order valence-corrected chi connectivity index (χ3v) is 4.73. The van der Waals surface area contributed by atoms with Crippen molar-refractivity contribution in [1.82, 2.24) is 19.6 Å². The minimum atomic E-state index is -4.56. The zero-order valence-corrected chi connectivity index (χ0v) is 16.0. The van der Waals surface area contributed by atoms with Crippen molar-refractivity contribution in [2.75, 3.05) is 24.7 Å². The van der Waals surface area contributed by atoms with Crippen LogP contribution in [0, 0.1) is 0 Å². The molecule has 3 aromatic rings. The Morgan fingerprint density at radius 3 is 2.38 bits per heavy atom. The highest BCUT2D eigenvalue weighted by molar-refractivity contribution is 5.54. The van der Waals surface area contributed by atoms with Gasteiger partial charge in [0.15, 0.2) is 17.2 Å².